The molecule has 7 heteroatoms. The van der Waals surface area contributed by atoms with Crippen LogP contribution in [0.25, 0.3) is 0 Å². The minimum Gasteiger partial charge on any atom is -0.492 e. The average Bonchev–Trinajstić information content (AvgIpc) is 2.79. The minimum atomic E-state index is -0.390. The molecule has 31 heavy (non-hydrogen) atoms. The van der Waals surface area contributed by atoms with Crippen LogP contribution in [0.4, 0.5) is 4.39 Å². The van der Waals surface area contributed by atoms with E-state index in [9.17, 15) is 14.0 Å². The van der Waals surface area contributed by atoms with Gasteiger partial charge in [0, 0.05) is 19.0 Å². The highest BCUT2D eigenvalue weighted by atomic mass is 19.1. The number of methoxy groups -OCH3 is 1. The van der Waals surface area contributed by atoms with Crippen LogP contribution < -0.4 is 10.1 Å². The van der Waals surface area contributed by atoms with E-state index < -0.39 is 5.97 Å². The lowest BCUT2D eigenvalue weighted by Crippen LogP contribution is -2.41. The van der Waals surface area contributed by atoms with Gasteiger partial charge >= 0.3 is 5.97 Å². The predicted octanol–water partition coefficient (Wildman–Crippen LogP) is 3.33. The number of nitrogens with zero attached hydrogens (tertiary/aromatic N) is 1. The number of rotatable bonds is 8. The molecule has 0 radical (unpaired) electrons. The Kier molecular flexibility index (Phi) is 8.00. The second-order valence-corrected chi connectivity index (χ2v) is 7.79. The van der Waals surface area contributed by atoms with Gasteiger partial charge in [0.15, 0.2) is 0 Å². The van der Waals surface area contributed by atoms with Gasteiger partial charge in [0.1, 0.15) is 18.2 Å². The minimum absolute atomic E-state index is 0.0239. The van der Waals surface area contributed by atoms with E-state index in [1.165, 1.54) is 13.2 Å². The molecule has 2 aromatic carbocycles. The fraction of sp³-hybridized carbons (Fsp3) is 0.417. The molecule has 1 fully saturated rings. The van der Waals surface area contributed by atoms with E-state index >= 15 is 0 Å². The predicted molar refractivity (Wildman–Crippen MR) is 115 cm³/mol. The van der Waals surface area contributed by atoms with Crippen LogP contribution in [-0.2, 0) is 16.1 Å². The summed E-state index contributed by atoms with van der Waals surface area (Å²) in [6, 6.07) is 12.0. The monoisotopic (exact) mass is 428 g/mol. The normalized spacial score (nSPS) is 14.8. The third-order valence-electron chi connectivity index (χ3n) is 5.59. The zero-order valence-corrected chi connectivity index (χ0v) is 18.0. The largest absolute Gasteiger partial charge is 0.492 e. The van der Waals surface area contributed by atoms with E-state index in [4.69, 9.17) is 9.47 Å². The summed E-state index contributed by atoms with van der Waals surface area (Å²) in [5.74, 6) is -0.0111. The lowest BCUT2D eigenvalue weighted by molar-refractivity contribution is -0.126. The Hall–Kier alpha value is -2.93. The lowest BCUT2D eigenvalue weighted by atomic mass is 9.96. The van der Waals surface area contributed by atoms with Crippen molar-refractivity contribution in [2.24, 2.45) is 5.92 Å². The molecule has 1 amide bonds. The highest BCUT2D eigenvalue weighted by Gasteiger charge is 2.24. The fourth-order valence-corrected chi connectivity index (χ4v) is 3.62. The standard InChI is InChI=1S/C24H29FN2O4/c1-17-6-7-18(14-22(17)25)16-26-23(28)19-8-10-27(11-9-19)12-13-31-21-5-3-4-20(15-21)24(29)30-2/h3-7,14-15,19H,8-13,16H2,1-2H3,(H,26,28). The van der Waals surface area contributed by atoms with Crippen molar-refractivity contribution in [3.05, 3.63) is 65.0 Å². The van der Waals surface area contributed by atoms with Crippen LogP contribution in [0, 0.1) is 18.7 Å². The van der Waals surface area contributed by atoms with Crippen LogP contribution in [-0.4, -0.2) is 50.1 Å². The molecule has 3 rings (SSSR count). The van der Waals surface area contributed by atoms with Crippen molar-refractivity contribution in [2.75, 3.05) is 33.4 Å². The van der Waals surface area contributed by atoms with Crippen molar-refractivity contribution in [3.63, 3.8) is 0 Å². The Morgan fingerprint density at radius 2 is 1.94 bits per heavy atom. The molecule has 2 aromatic rings. The van der Waals surface area contributed by atoms with Gasteiger partial charge in [-0.1, -0.05) is 18.2 Å². The second-order valence-electron chi connectivity index (χ2n) is 7.79. The molecule has 0 unspecified atom stereocenters. The van der Waals surface area contributed by atoms with Gasteiger partial charge < -0.3 is 14.8 Å². The summed E-state index contributed by atoms with van der Waals surface area (Å²) < 4.78 is 24.1. The zero-order valence-electron chi connectivity index (χ0n) is 18.0. The first kappa shape index (κ1) is 22.7. The van der Waals surface area contributed by atoms with Gasteiger partial charge in [-0.3, -0.25) is 9.69 Å². The van der Waals surface area contributed by atoms with Gasteiger partial charge in [0.2, 0.25) is 5.91 Å². The molecule has 0 bridgehead atoms. The smallest absolute Gasteiger partial charge is 0.337 e. The lowest BCUT2D eigenvalue weighted by Gasteiger charge is -2.31. The number of carbonyl (C=O) groups is 2. The number of nitrogens with one attached hydrogen (secondary N) is 1. The number of aryl methyl sites for hydroxylation is 1. The van der Waals surface area contributed by atoms with E-state index in [2.05, 4.69) is 10.2 Å². The number of ether oxygens (including phenoxy) is 2. The van der Waals surface area contributed by atoms with Crippen LogP contribution in [0.15, 0.2) is 42.5 Å². The van der Waals surface area contributed by atoms with Crippen LogP contribution >= 0.6 is 0 Å². The molecular weight excluding hydrogens is 399 g/mol. The molecule has 1 aliphatic heterocycles. The van der Waals surface area contributed by atoms with Crippen molar-refractivity contribution in [1.29, 1.82) is 0 Å². The number of likely N-dealkylation sites (tertiary alicyclic amines) is 1. The number of hydrogen-bond donors (Lipinski definition) is 1. The van der Waals surface area contributed by atoms with Crippen molar-refractivity contribution in [2.45, 2.75) is 26.3 Å². The number of hydrogen-bond acceptors (Lipinski definition) is 5. The maximum Gasteiger partial charge on any atom is 0.337 e. The molecular formula is C24H29FN2O4. The Bertz CT molecular complexity index is 910. The molecule has 1 N–H and O–H groups in total. The van der Waals surface area contributed by atoms with E-state index in [0.29, 0.717) is 30.0 Å². The molecule has 0 saturated carbocycles. The number of amides is 1. The molecule has 0 aromatic heterocycles. The Morgan fingerprint density at radius 1 is 1.16 bits per heavy atom. The van der Waals surface area contributed by atoms with Crippen molar-refractivity contribution < 1.29 is 23.5 Å². The van der Waals surface area contributed by atoms with Crippen LogP contribution in [0.1, 0.15) is 34.3 Å². The van der Waals surface area contributed by atoms with Gasteiger partial charge in [-0.25, -0.2) is 9.18 Å². The summed E-state index contributed by atoms with van der Waals surface area (Å²) in [5.41, 5.74) is 1.82. The van der Waals surface area contributed by atoms with Crippen molar-refractivity contribution >= 4 is 11.9 Å². The quantitative estimate of drug-likeness (QED) is 0.654. The van der Waals surface area contributed by atoms with Crippen molar-refractivity contribution in [1.82, 2.24) is 10.2 Å². The summed E-state index contributed by atoms with van der Waals surface area (Å²) in [6.07, 6.45) is 1.57. The summed E-state index contributed by atoms with van der Waals surface area (Å²) >= 11 is 0. The molecule has 1 aliphatic rings. The third kappa shape index (κ3) is 6.52. The maximum absolute atomic E-state index is 13.6. The van der Waals surface area contributed by atoms with Gasteiger partial charge in [-0.15, -0.1) is 0 Å². The van der Waals surface area contributed by atoms with Gasteiger partial charge in [0.05, 0.1) is 12.7 Å². The molecule has 0 spiro atoms. The van der Waals surface area contributed by atoms with Crippen molar-refractivity contribution in [3.8, 4) is 5.75 Å². The Morgan fingerprint density at radius 3 is 2.65 bits per heavy atom. The van der Waals surface area contributed by atoms with E-state index in [1.54, 1.807) is 31.2 Å². The number of carbonyl (C=O) groups excluding carboxylic acids is 2. The van der Waals surface area contributed by atoms with Gasteiger partial charge in [0.25, 0.3) is 0 Å². The van der Waals surface area contributed by atoms with Gasteiger partial charge in [-0.05, 0) is 68.2 Å². The topological polar surface area (TPSA) is 67.9 Å². The highest BCUT2D eigenvalue weighted by molar-refractivity contribution is 5.89. The Balaban J connectivity index is 1.37. The molecule has 1 heterocycles. The molecule has 166 valence electrons. The van der Waals surface area contributed by atoms with Crippen LogP contribution in [0.3, 0.4) is 0 Å². The maximum atomic E-state index is 13.6. The van der Waals surface area contributed by atoms with E-state index in [-0.39, 0.29) is 17.6 Å². The first-order valence-electron chi connectivity index (χ1n) is 10.5. The first-order chi connectivity index (χ1) is 15.0. The molecule has 0 aliphatic carbocycles. The molecule has 0 atom stereocenters. The summed E-state index contributed by atoms with van der Waals surface area (Å²) in [7, 11) is 1.35. The number of piperidine rings is 1. The highest BCUT2D eigenvalue weighted by Crippen LogP contribution is 2.18. The second kappa shape index (κ2) is 10.9. The third-order valence-corrected chi connectivity index (χ3v) is 5.59. The Labute approximate surface area is 182 Å². The fourth-order valence-electron chi connectivity index (χ4n) is 3.62. The number of esters is 1. The molecule has 6 nitrogen and oxygen atoms in total. The van der Waals surface area contributed by atoms with Gasteiger partial charge in [-0.2, -0.15) is 0 Å². The summed E-state index contributed by atoms with van der Waals surface area (Å²) in [6.45, 7) is 4.95. The van der Waals surface area contributed by atoms with E-state index in [0.717, 1.165) is 38.0 Å². The average molecular weight is 429 g/mol. The summed E-state index contributed by atoms with van der Waals surface area (Å²) in [4.78, 5) is 26.3. The molecule has 1 saturated heterocycles. The van der Waals surface area contributed by atoms with Crippen LogP contribution in [0.2, 0.25) is 0 Å². The van der Waals surface area contributed by atoms with Crippen LogP contribution in [0.5, 0.6) is 5.75 Å². The van der Waals surface area contributed by atoms with E-state index in [1.807, 2.05) is 12.1 Å². The first-order valence-corrected chi connectivity index (χ1v) is 10.5. The number of benzene rings is 2. The zero-order chi connectivity index (χ0) is 22.2. The SMILES string of the molecule is COC(=O)c1cccc(OCCN2CCC(C(=O)NCc3ccc(C)c(F)c3)CC2)c1. The number of halogens is 1. The summed E-state index contributed by atoms with van der Waals surface area (Å²) in [5, 5.41) is 2.93.